The third-order valence-electron chi connectivity index (χ3n) is 5.70. The van der Waals surface area contributed by atoms with Crippen LogP contribution in [-0.4, -0.2) is 32.1 Å². The van der Waals surface area contributed by atoms with Gasteiger partial charge in [0.2, 0.25) is 5.79 Å². The quantitative estimate of drug-likeness (QED) is 0.109. The van der Waals surface area contributed by atoms with Crippen molar-refractivity contribution in [2.45, 2.75) is 122 Å². The molecule has 0 saturated heterocycles. The van der Waals surface area contributed by atoms with Crippen LogP contribution in [0.1, 0.15) is 110 Å². The highest BCUT2D eigenvalue weighted by Crippen LogP contribution is 2.28. The van der Waals surface area contributed by atoms with E-state index < -0.39 is 11.9 Å². The summed E-state index contributed by atoms with van der Waals surface area (Å²) < 4.78 is 10.2. The standard InChI is InChI=1S/C24H44O5/c1-4-5-6-7-8-9-10-11-12-13-14-15-16-17-19-24(27-3)20-18-22(28-29-24)21-23(25)26-2/h18,20,22H,4-17,19,21H2,1-3H3/t22-,24-/m0/s1. The predicted octanol–water partition coefficient (Wildman–Crippen LogP) is 6.65. The van der Waals surface area contributed by atoms with Crippen LogP contribution in [0.3, 0.4) is 0 Å². The fourth-order valence-corrected chi connectivity index (χ4v) is 3.70. The van der Waals surface area contributed by atoms with Gasteiger partial charge in [0, 0.05) is 13.5 Å². The van der Waals surface area contributed by atoms with Crippen LogP contribution in [0.2, 0.25) is 0 Å². The normalized spacial score (nSPS) is 21.4. The van der Waals surface area contributed by atoms with Gasteiger partial charge in [0.05, 0.1) is 13.5 Å². The Balaban J connectivity index is 1.99. The van der Waals surface area contributed by atoms with Gasteiger partial charge in [-0.15, -0.1) is 0 Å². The number of hydrogen-bond donors (Lipinski definition) is 0. The van der Waals surface area contributed by atoms with E-state index in [-0.39, 0.29) is 12.4 Å². The van der Waals surface area contributed by atoms with E-state index in [4.69, 9.17) is 14.5 Å². The molecule has 0 N–H and O–H groups in total. The molecule has 1 heterocycles. The number of esters is 1. The predicted molar refractivity (Wildman–Crippen MR) is 116 cm³/mol. The molecule has 0 radical (unpaired) electrons. The van der Waals surface area contributed by atoms with Crippen molar-refractivity contribution in [1.29, 1.82) is 0 Å². The molecule has 0 fully saturated rings. The van der Waals surface area contributed by atoms with E-state index in [1.165, 1.54) is 90.6 Å². The molecule has 0 saturated carbocycles. The molecule has 0 aromatic heterocycles. The maximum absolute atomic E-state index is 11.3. The van der Waals surface area contributed by atoms with Crippen LogP contribution in [0, 0.1) is 0 Å². The molecule has 2 atom stereocenters. The van der Waals surface area contributed by atoms with E-state index >= 15 is 0 Å². The summed E-state index contributed by atoms with van der Waals surface area (Å²) >= 11 is 0. The average Bonchev–Trinajstić information content (AvgIpc) is 2.75. The number of carbonyl (C=O) groups is 1. The molecular weight excluding hydrogens is 368 g/mol. The van der Waals surface area contributed by atoms with Crippen molar-refractivity contribution >= 4 is 5.97 Å². The van der Waals surface area contributed by atoms with Crippen molar-refractivity contribution in [3.63, 3.8) is 0 Å². The van der Waals surface area contributed by atoms with Gasteiger partial charge in [-0.25, -0.2) is 4.89 Å². The number of rotatable bonds is 18. The van der Waals surface area contributed by atoms with Crippen molar-refractivity contribution in [1.82, 2.24) is 0 Å². The second-order valence-corrected chi connectivity index (χ2v) is 8.22. The minimum absolute atomic E-state index is 0.144. The zero-order valence-electron chi connectivity index (χ0n) is 19.1. The van der Waals surface area contributed by atoms with Gasteiger partial charge >= 0.3 is 5.97 Å². The summed E-state index contributed by atoms with van der Waals surface area (Å²) in [7, 11) is 2.99. The van der Waals surface area contributed by atoms with Gasteiger partial charge in [0.25, 0.3) is 0 Å². The summed E-state index contributed by atoms with van der Waals surface area (Å²) in [4.78, 5) is 22.1. The van der Waals surface area contributed by atoms with Crippen LogP contribution < -0.4 is 0 Å². The van der Waals surface area contributed by atoms with E-state index in [0.717, 1.165) is 12.8 Å². The van der Waals surface area contributed by atoms with Gasteiger partial charge in [-0.1, -0.05) is 96.5 Å². The van der Waals surface area contributed by atoms with Crippen molar-refractivity contribution in [3.8, 4) is 0 Å². The SMILES string of the molecule is CCCCCCCCCCCCCCCC[C@@]1(OC)C=C[C@@H](CC(=O)OC)OO1. The smallest absolute Gasteiger partial charge is 0.308 e. The van der Waals surface area contributed by atoms with Crippen molar-refractivity contribution in [3.05, 3.63) is 12.2 Å². The van der Waals surface area contributed by atoms with E-state index in [1.807, 2.05) is 12.2 Å². The Bertz CT molecular complexity index is 437. The molecule has 0 aromatic rings. The molecule has 5 nitrogen and oxygen atoms in total. The molecule has 1 rings (SSSR count). The third-order valence-corrected chi connectivity index (χ3v) is 5.70. The van der Waals surface area contributed by atoms with Gasteiger partial charge in [-0.3, -0.25) is 4.79 Å². The van der Waals surface area contributed by atoms with Gasteiger partial charge in [-0.2, -0.15) is 4.89 Å². The Labute approximate surface area is 178 Å². The maximum Gasteiger partial charge on any atom is 0.308 e. The van der Waals surface area contributed by atoms with Crippen LogP contribution in [0.15, 0.2) is 12.2 Å². The molecule has 1 aliphatic rings. The fraction of sp³-hybridized carbons (Fsp3) is 0.875. The third kappa shape index (κ3) is 12.4. The van der Waals surface area contributed by atoms with Crippen LogP contribution >= 0.6 is 0 Å². The molecule has 170 valence electrons. The topological polar surface area (TPSA) is 54.0 Å². The summed E-state index contributed by atoms with van der Waals surface area (Å²) in [6.07, 6.45) is 22.9. The number of carbonyl (C=O) groups excluding carboxylic acids is 1. The molecule has 0 aliphatic carbocycles. The van der Waals surface area contributed by atoms with Crippen molar-refractivity contribution in [2.24, 2.45) is 0 Å². The first-order valence-corrected chi connectivity index (χ1v) is 11.8. The largest absolute Gasteiger partial charge is 0.469 e. The van der Waals surface area contributed by atoms with Gasteiger partial charge in [0.1, 0.15) is 6.10 Å². The van der Waals surface area contributed by atoms with Crippen molar-refractivity contribution in [2.75, 3.05) is 14.2 Å². The molecule has 29 heavy (non-hydrogen) atoms. The van der Waals surface area contributed by atoms with Crippen LogP contribution in [0.5, 0.6) is 0 Å². The molecule has 0 aromatic carbocycles. The first kappa shape index (κ1) is 26.1. The van der Waals surface area contributed by atoms with E-state index in [9.17, 15) is 4.79 Å². The van der Waals surface area contributed by atoms with E-state index in [0.29, 0.717) is 0 Å². The second kappa shape index (κ2) is 16.8. The average molecular weight is 413 g/mol. The maximum atomic E-state index is 11.3. The summed E-state index contributed by atoms with van der Waals surface area (Å²) in [5.74, 6) is -1.15. The fourth-order valence-electron chi connectivity index (χ4n) is 3.70. The molecule has 5 heteroatoms. The summed E-state index contributed by atoms with van der Waals surface area (Å²) in [5, 5.41) is 0. The van der Waals surface area contributed by atoms with Crippen LogP contribution in [0.25, 0.3) is 0 Å². The highest BCUT2D eigenvalue weighted by Gasteiger charge is 2.34. The van der Waals surface area contributed by atoms with E-state index in [1.54, 1.807) is 7.11 Å². The Morgan fingerprint density at radius 2 is 1.38 bits per heavy atom. The first-order chi connectivity index (χ1) is 14.2. The summed E-state index contributed by atoms with van der Waals surface area (Å²) in [5.41, 5.74) is 0. The highest BCUT2D eigenvalue weighted by atomic mass is 17.2. The number of ether oxygens (including phenoxy) is 2. The lowest BCUT2D eigenvalue weighted by molar-refractivity contribution is -0.428. The Kier molecular flexibility index (Phi) is 15.2. The lowest BCUT2D eigenvalue weighted by Gasteiger charge is -2.32. The molecule has 1 aliphatic heterocycles. The second-order valence-electron chi connectivity index (χ2n) is 8.22. The van der Waals surface area contributed by atoms with Crippen molar-refractivity contribution < 1.29 is 24.0 Å². The van der Waals surface area contributed by atoms with Gasteiger partial charge < -0.3 is 9.47 Å². The lowest BCUT2D eigenvalue weighted by Crippen LogP contribution is -2.38. The van der Waals surface area contributed by atoms with Crippen LogP contribution in [0.4, 0.5) is 0 Å². The first-order valence-electron chi connectivity index (χ1n) is 11.8. The number of hydrogen-bond acceptors (Lipinski definition) is 5. The van der Waals surface area contributed by atoms with E-state index in [2.05, 4.69) is 11.7 Å². The zero-order valence-corrected chi connectivity index (χ0v) is 19.1. The zero-order chi connectivity index (χ0) is 21.2. The minimum Gasteiger partial charge on any atom is -0.469 e. The highest BCUT2D eigenvalue weighted by molar-refractivity contribution is 5.70. The minimum atomic E-state index is -0.830. The van der Waals surface area contributed by atoms with Gasteiger partial charge in [0.15, 0.2) is 0 Å². The summed E-state index contributed by atoms with van der Waals surface area (Å²) in [6, 6.07) is 0. The Morgan fingerprint density at radius 3 is 1.79 bits per heavy atom. The monoisotopic (exact) mass is 412 g/mol. The molecule has 0 bridgehead atoms. The Morgan fingerprint density at radius 1 is 0.862 bits per heavy atom. The lowest BCUT2D eigenvalue weighted by atomic mass is 10.0. The molecule has 0 spiro atoms. The van der Waals surface area contributed by atoms with Crippen LogP contribution in [-0.2, 0) is 24.0 Å². The number of unbranched alkanes of at least 4 members (excludes halogenated alkanes) is 13. The molecular formula is C24H44O5. The number of methoxy groups -OCH3 is 2. The Hall–Kier alpha value is -0.910. The molecule has 0 unspecified atom stereocenters. The summed E-state index contributed by atoms with van der Waals surface area (Å²) in [6.45, 7) is 2.27. The molecule has 0 amide bonds. The van der Waals surface area contributed by atoms with Gasteiger partial charge in [-0.05, 0) is 12.5 Å².